The molecule has 0 aliphatic heterocycles. The van der Waals surface area contributed by atoms with Crippen LogP contribution in [0.2, 0.25) is 0 Å². The van der Waals surface area contributed by atoms with Crippen LogP contribution in [-0.4, -0.2) is 21.7 Å². The Kier molecular flexibility index (Phi) is 6.20. The van der Waals surface area contributed by atoms with Crippen molar-refractivity contribution in [2.45, 2.75) is 32.7 Å². The Morgan fingerprint density at radius 1 is 1.35 bits per heavy atom. The minimum Gasteiger partial charge on any atom is -0.445 e. The normalized spacial score (nSPS) is 14.4. The molecule has 1 aromatic rings. The molecule has 0 saturated heterocycles. The molecule has 0 bridgehead atoms. The fraction of sp³-hybridized carbons (Fsp3) is 0.462. The van der Waals surface area contributed by atoms with Gasteiger partial charge in [0.2, 0.25) is 0 Å². The van der Waals surface area contributed by atoms with Crippen LogP contribution < -0.4 is 5.32 Å². The molecule has 112 valence electrons. The predicted molar refractivity (Wildman–Crippen MR) is 75.0 cm³/mol. The van der Waals surface area contributed by atoms with Crippen LogP contribution in [0.1, 0.15) is 25.8 Å². The molecule has 0 spiro atoms. The highest BCUT2D eigenvalue weighted by Crippen LogP contribution is 2.44. The molecule has 6 nitrogen and oxygen atoms in total. The number of amides is 1. The zero-order valence-corrected chi connectivity index (χ0v) is 12.4. The lowest BCUT2D eigenvalue weighted by Crippen LogP contribution is -2.39. The summed E-state index contributed by atoms with van der Waals surface area (Å²) >= 11 is 0. The fourth-order valence-electron chi connectivity index (χ4n) is 1.67. The van der Waals surface area contributed by atoms with Gasteiger partial charge in [-0.1, -0.05) is 50.6 Å². The number of ether oxygens (including phenoxy) is 1. The number of alkyl carbamates (subject to hydrolysis) is 1. The third kappa shape index (κ3) is 5.33. The van der Waals surface area contributed by atoms with E-state index in [0.717, 1.165) is 5.56 Å². The van der Waals surface area contributed by atoms with Crippen molar-refractivity contribution < 1.29 is 23.9 Å². The van der Waals surface area contributed by atoms with Gasteiger partial charge in [-0.25, -0.2) is 4.79 Å². The second-order valence-electron chi connectivity index (χ2n) is 4.63. The molecule has 0 aromatic heterocycles. The lowest BCUT2D eigenvalue weighted by Gasteiger charge is -2.24. The van der Waals surface area contributed by atoms with E-state index in [1.54, 1.807) is 26.0 Å². The van der Waals surface area contributed by atoms with Crippen molar-refractivity contribution in [3.05, 3.63) is 35.9 Å². The van der Waals surface area contributed by atoms with E-state index in [4.69, 9.17) is 4.74 Å². The lowest BCUT2D eigenvalue weighted by molar-refractivity contribution is 0.134. The Balaban J connectivity index is 2.57. The highest BCUT2D eigenvalue weighted by atomic mass is 31.2. The van der Waals surface area contributed by atoms with E-state index in [9.17, 15) is 19.1 Å². The van der Waals surface area contributed by atoms with Gasteiger partial charge in [-0.15, -0.1) is 0 Å². The summed E-state index contributed by atoms with van der Waals surface area (Å²) in [6, 6.07) is 9.06. The summed E-state index contributed by atoms with van der Waals surface area (Å²) in [5.41, 5.74) is 0.805. The van der Waals surface area contributed by atoms with E-state index in [1.807, 2.05) is 18.2 Å². The van der Waals surface area contributed by atoms with Gasteiger partial charge in [0.1, 0.15) is 12.4 Å². The summed E-state index contributed by atoms with van der Waals surface area (Å²) < 4.78 is 16.3. The first kappa shape index (κ1) is 16.7. The summed E-state index contributed by atoms with van der Waals surface area (Å²) in [6.45, 7) is 3.52. The monoisotopic (exact) mass is 301 g/mol. The molecule has 0 fully saturated rings. The predicted octanol–water partition coefficient (Wildman–Crippen LogP) is 2.46. The van der Waals surface area contributed by atoms with E-state index < -0.39 is 19.5 Å². The van der Waals surface area contributed by atoms with Crippen LogP contribution >= 0.6 is 7.60 Å². The van der Waals surface area contributed by atoms with Crippen molar-refractivity contribution in [1.82, 2.24) is 5.32 Å². The maximum atomic E-state index is 11.6. The summed E-state index contributed by atoms with van der Waals surface area (Å²) in [7, 11) is -4.41. The molecule has 1 rings (SSSR count). The van der Waals surface area contributed by atoms with Gasteiger partial charge in [0.25, 0.3) is 0 Å². The van der Waals surface area contributed by atoms with Crippen molar-refractivity contribution in [3.8, 4) is 0 Å². The van der Waals surface area contributed by atoms with Gasteiger partial charge in [-0.3, -0.25) is 4.57 Å². The van der Waals surface area contributed by atoms with E-state index in [2.05, 4.69) is 5.32 Å². The molecular formula is C13H20NO5P. The lowest BCUT2D eigenvalue weighted by atomic mass is 10.1. The Bertz CT molecular complexity index is 473. The van der Waals surface area contributed by atoms with Crippen LogP contribution in [0.3, 0.4) is 0 Å². The zero-order valence-electron chi connectivity index (χ0n) is 11.5. The van der Waals surface area contributed by atoms with Crippen molar-refractivity contribution in [2.75, 3.05) is 0 Å². The summed E-state index contributed by atoms with van der Waals surface area (Å²) in [6.07, 6.45) is -0.295. The van der Waals surface area contributed by atoms with Gasteiger partial charge >= 0.3 is 13.7 Å². The van der Waals surface area contributed by atoms with Crippen LogP contribution in [0.15, 0.2) is 30.3 Å². The third-order valence-corrected chi connectivity index (χ3v) is 4.39. The Hall–Kier alpha value is -1.36. The highest BCUT2D eigenvalue weighted by Gasteiger charge is 2.34. The van der Waals surface area contributed by atoms with Gasteiger partial charge < -0.3 is 19.8 Å². The van der Waals surface area contributed by atoms with Gasteiger partial charge in [0, 0.05) is 0 Å². The second-order valence-corrected chi connectivity index (χ2v) is 6.36. The van der Waals surface area contributed by atoms with Gasteiger partial charge in [-0.2, -0.15) is 0 Å². The molecule has 7 heteroatoms. The number of rotatable bonds is 6. The van der Waals surface area contributed by atoms with Crippen molar-refractivity contribution in [2.24, 2.45) is 5.92 Å². The van der Waals surface area contributed by atoms with Crippen LogP contribution in [0.4, 0.5) is 4.79 Å². The van der Waals surface area contributed by atoms with Crippen molar-refractivity contribution >= 4 is 13.7 Å². The average molecular weight is 301 g/mol. The molecule has 2 atom stereocenters. The first-order chi connectivity index (χ1) is 9.34. The quantitative estimate of drug-likeness (QED) is 0.701. The molecule has 2 unspecified atom stereocenters. The molecular weight excluding hydrogens is 281 g/mol. The molecule has 0 radical (unpaired) electrons. The molecule has 0 heterocycles. The standard InChI is InChI=1S/C13H20NO5P/c1-3-10(2)12(20(16,17)18)14-13(15)19-9-11-7-5-4-6-8-11/h4-8,10,12H,3,9H2,1-2H3,(H,14,15)(H2,16,17,18). The summed E-state index contributed by atoms with van der Waals surface area (Å²) in [5, 5.41) is 2.25. The van der Waals surface area contributed by atoms with E-state index in [1.165, 1.54) is 0 Å². The first-order valence-electron chi connectivity index (χ1n) is 6.37. The first-order valence-corrected chi connectivity index (χ1v) is 8.05. The molecule has 1 aromatic carbocycles. The number of benzene rings is 1. The number of carbonyl (C=O) groups is 1. The van der Waals surface area contributed by atoms with Gasteiger partial charge in [-0.05, 0) is 11.5 Å². The second kappa shape index (κ2) is 7.43. The fourth-order valence-corrected chi connectivity index (χ4v) is 2.81. The van der Waals surface area contributed by atoms with Gasteiger partial charge in [0.15, 0.2) is 0 Å². The van der Waals surface area contributed by atoms with Gasteiger partial charge in [0.05, 0.1) is 0 Å². The molecule has 1 amide bonds. The molecule has 0 aliphatic rings. The summed E-state index contributed by atoms with van der Waals surface area (Å²) in [5.74, 6) is -1.57. The van der Waals surface area contributed by atoms with Crippen LogP contribution in [0.5, 0.6) is 0 Å². The largest absolute Gasteiger partial charge is 0.445 e. The minimum atomic E-state index is -4.41. The Labute approximate surface area is 118 Å². The zero-order chi connectivity index (χ0) is 15.2. The SMILES string of the molecule is CCC(C)C(NC(=O)OCc1ccccc1)P(=O)(O)O. The number of hydrogen-bond acceptors (Lipinski definition) is 3. The van der Waals surface area contributed by atoms with Crippen molar-refractivity contribution in [1.29, 1.82) is 0 Å². The third-order valence-electron chi connectivity index (χ3n) is 3.02. The smallest absolute Gasteiger partial charge is 0.408 e. The molecule has 0 aliphatic carbocycles. The maximum absolute atomic E-state index is 11.6. The van der Waals surface area contributed by atoms with Crippen LogP contribution in [-0.2, 0) is 15.9 Å². The van der Waals surface area contributed by atoms with Crippen LogP contribution in [0, 0.1) is 5.92 Å². The average Bonchev–Trinajstić information content (AvgIpc) is 2.41. The molecule has 20 heavy (non-hydrogen) atoms. The molecule has 0 saturated carbocycles. The van der Waals surface area contributed by atoms with Crippen LogP contribution in [0.25, 0.3) is 0 Å². The van der Waals surface area contributed by atoms with E-state index in [-0.39, 0.29) is 12.5 Å². The summed E-state index contributed by atoms with van der Waals surface area (Å²) in [4.78, 5) is 30.1. The van der Waals surface area contributed by atoms with Crippen molar-refractivity contribution in [3.63, 3.8) is 0 Å². The minimum absolute atomic E-state index is 0.0566. The Morgan fingerprint density at radius 3 is 2.45 bits per heavy atom. The number of carbonyl (C=O) groups excluding carboxylic acids is 1. The Morgan fingerprint density at radius 2 is 1.95 bits per heavy atom. The topological polar surface area (TPSA) is 95.9 Å². The van der Waals surface area contributed by atoms with E-state index in [0.29, 0.717) is 6.42 Å². The number of hydrogen-bond donors (Lipinski definition) is 3. The highest BCUT2D eigenvalue weighted by molar-refractivity contribution is 7.52. The van der Waals surface area contributed by atoms with E-state index >= 15 is 0 Å². The molecule has 3 N–H and O–H groups in total. The maximum Gasteiger partial charge on any atom is 0.408 e. The number of nitrogens with one attached hydrogen (secondary N) is 1.